The maximum atomic E-state index is 6.04. The zero-order valence-corrected chi connectivity index (χ0v) is 12.6. The predicted octanol–water partition coefficient (Wildman–Crippen LogP) is 0.952. The Morgan fingerprint density at radius 3 is 3.00 bits per heavy atom. The Kier molecular flexibility index (Phi) is 3.79. The monoisotopic (exact) mass is 286 g/mol. The highest BCUT2D eigenvalue weighted by Gasteiger charge is 2.21. The number of nitrogens with one attached hydrogen (secondary N) is 2. The summed E-state index contributed by atoms with van der Waals surface area (Å²) in [7, 11) is 1.91. The van der Waals surface area contributed by atoms with E-state index >= 15 is 0 Å². The van der Waals surface area contributed by atoms with Gasteiger partial charge in [0.15, 0.2) is 0 Å². The molecular weight excluding hydrogens is 264 g/mol. The summed E-state index contributed by atoms with van der Waals surface area (Å²) in [6.45, 7) is 4.11. The van der Waals surface area contributed by atoms with Crippen molar-refractivity contribution in [3.63, 3.8) is 0 Å². The standard InChI is InChI=1S/C15H22N6/c1-10(12-8-18-21(2)9-12)15-19-13(6-14(16)20-15)11-4-3-5-17-7-11/h6,8-9,11,17,20H,3-5,7,16H2,1-2H3/b15-10+/t11-/m0/s1. The Labute approximate surface area is 124 Å². The highest BCUT2D eigenvalue weighted by atomic mass is 15.2. The van der Waals surface area contributed by atoms with Crippen LogP contribution in [0.2, 0.25) is 0 Å². The van der Waals surface area contributed by atoms with Gasteiger partial charge in [0, 0.05) is 42.9 Å². The summed E-state index contributed by atoms with van der Waals surface area (Å²) in [6, 6.07) is 0. The lowest BCUT2D eigenvalue weighted by molar-refractivity contribution is 0.458. The lowest BCUT2D eigenvalue weighted by Gasteiger charge is -2.26. The van der Waals surface area contributed by atoms with Crippen LogP contribution in [0.5, 0.6) is 0 Å². The van der Waals surface area contributed by atoms with Crippen LogP contribution < -0.4 is 16.4 Å². The average molecular weight is 286 g/mol. The molecule has 1 aromatic heterocycles. The number of nitrogens with zero attached hydrogens (tertiary/aromatic N) is 3. The molecular formula is C15H22N6. The highest BCUT2D eigenvalue weighted by Crippen LogP contribution is 2.22. The van der Waals surface area contributed by atoms with Gasteiger partial charge in [-0.3, -0.25) is 4.68 Å². The molecule has 0 saturated carbocycles. The minimum absolute atomic E-state index is 0.441. The van der Waals surface area contributed by atoms with Gasteiger partial charge in [-0.15, -0.1) is 0 Å². The first-order valence-electron chi connectivity index (χ1n) is 7.37. The van der Waals surface area contributed by atoms with Crippen molar-refractivity contribution in [2.45, 2.75) is 19.8 Å². The van der Waals surface area contributed by atoms with Gasteiger partial charge in [-0.25, -0.2) is 4.99 Å². The Morgan fingerprint density at radius 2 is 2.33 bits per heavy atom. The largest absolute Gasteiger partial charge is 0.385 e. The van der Waals surface area contributed by atoms with Crippen LogP contribution in [-0.2, 0) is 7.05 Å². The quantitative estimate of drug-likeness (QED) is 0.756. The second kappa shape index (κ2) is 5.73. The number of rotatable bonds is 2. The maximum Gasteiger partial charge on any atom is 0.135 e. The zero-order chi connectivity index (χ0) is 14.8. The molecule has 3 heterocycles. The van der Waals surface area contributed by atoms with Gasteiger partial charge < -0.3 is 16.4 Å². The topological polar surface area (TPSA) is 80.3 Å². The first-order valence-corrected chi connectivity index (χ1v) is 7.37. The van der Waals surface area contributed by atoms with Gasteiger partial charge in [-0.05, 0) is 26.3 Å². The molecule has 4 N–H and O–H groups in total. The van der Waals surface area contributed by atoms with Crippen molar-refractivity contribution in [1.29, 1.82) is 0 Å². The number of piperidine rings is 1. The molecule has 0 spiro atoms. The Bertz CT molecular complexity index is 616. The van der Waals surface area contributed by atoms with Gasteiger partial charge in [0.05, 0.1) is 11.9 Å². The predicted molar refractivity (Wildman–Crippen MR) is 84.2 cm³/mol. The SMILES string of the molecule is C/C(=C1/N=C([C@H]2CCCNC2)C=C(N)N1)c1cnn(C)c1. The van der Waals surface area contributed by atoms with E-state index < -0.39 is 0 Å². The maximum absolute atomic E-state index is 6.04. The third-order valence-corrected chi connectivity index (χ3v) is 4.02. The fourth-order valence-corrected chi connectivity index (χ4v) is 2.76. The molecule has 3 rings (SSSR count). The number of hydrogen-bond acceptors (Lipinski definition) is 5. The number of aliphatic imine (C=N–C) groups is 1. The third kappa shape index (κ3) is 3.00. The molecule has 112 valence electrons. The van der Waals surface area contributed by atoms with Gasteiger partial charge in [0.25, 0.3) is 0 Å². The van der Waals surface area contributed by atoms with Gasteiger partial charge in [-0.1, -0.05) is 0 Å². The molecule has 0 unspecified atom stereocenters. The molecule has 0 aliphatic carbocycles. The van der Waals surface area contributed by atoms with E-state index in [2.05, 4.69) is 15.7 Å². The molecule has 1 fully saturated rings. The van der Waals surface area contributed by atoms with Gasteiger partial charge in [-0.2, -0.15) is 5.10 Å². The van der Waals surface area contributed by atoms with Crippen molar-refractivity contribution in [2.75, 3.05) is 13.1 Å². The fourth-order valence-electron chi connectivity index (χ4n) is 2.76. The molecule has 21 heavy (non-hydrogen) atoms. The summed E-state index contributed by atoms with van der Waals surface area (Å²) >= 11 is 0. The molecule has 1 aromatic rings. The van der Waals surface area contributed by atoms with Crippen LogP contribution in [0.25, 0.3) is 5.57 Å². The van der Waals surface area contributed by atoms with E-state index in [1.54, 1.807) is 4.68 Å². The lowest BCUT2D eigenvalue weighted by Crippen LogP contribution is -2.36. The summed E-state index contributed by atoms with van der Waals surface area (Å²) in [6.07, 6.45) is 8.13. The first-order chi connectivity index (χ1) is 10.1. The second-order valence-electron chi connectivity index (χ2n) is 5.68. The van der Waals surface area contributed by atoms with Gasteiger partial charge in [0.2, 0.25) is 0 Å². The van der Waals surface area contributed by atoms with E-state index in [0.29, 0.717) is 11.7 Å². The second-order valence-corrected chi connectivity index (χ2v) is 5.68. The minimum atomic E-state index is 0.441. The Hall–Kier alpha value is -2.08. The minimum Gasteiger partial charge on any atom is -0.385 e. The summed E-state index contributed by atoms with van der Waals surface area (Å²) in [5.41, 5.74) is 9.21. The molecule has 0 radical (unpaired) electrons. The van der Waals surface area contributed by atoms with Crippen LogP contribution in [0.3, 0.4) is 0 Å². The molecule has 2 aliphatic heterocycles. The van der Waals surface area contributed by atoms with Crippen LogP contribution in [0, 0.1) is 5.92 Å². The average Bonchev–Trinajstić information content (AvgIpc) is 2.93. The van der Waals surface area contributed by atoms with E-state index in [0.717, 1.165) is 42.2 Å². The van der Waals surface area contributed by atoms with Crippen molar-refractivity contribution in [3.8, 4) is 0 Å². The molecule has 0 amide bonds. The van der Waals surface area contributed by atoms with Crippen molar-refractivity contribution < 1.29 is 0 Å². The van der Waals surface area contributed by atoms with E-state index in [1.807, 2.05) is 32.4 Å². The summed E-state index contributed by atoms with van der Waals surface area (Å²) in [5, 5.41) is 10.8. The lowest BCUT2D eigenvalue weighted by atomic mass is 9.93. The normalized spacial score (nSPS) is 25.0. The molecule has 6 heteroatoms. The van der Waals surface area contributed by atoms with E-state index in [-0.39, 0.29) is 0 Å². The van der Waals surface area contributed by atoms with Crippen molar-refractivity contribution in [2.24, 2.45) is 23.7 Å². The Morgan fingerprint density at radius 1 is 1.48 bits per heavy atom. The fraction of sp³-hybridized carbons (Fsp3) is 0.467. The number of hydrogen-bond donors (Lipinski definition) is 3. The van der Waals surface area contributed by atoms with Crippen LogP contribution >= 0.6 is 0 Å². The van der Waals surface area contributed by atoms with Gasteiger partial charge in [0.1, 0.15) is 11.6 Å². The van der Waals surface area contributed by atoms with Crippen LogP contribution in [0.1, 0.15) is 25.3 Å². The molecule has 1 atom stereocenters. The summed E-state index contributed by atoms with van der Waals surface area (Å²) < 4.78 is 1.79. The van der Waals surface area contributed by atoms with E-state index in [9.17, 15) is 0 Å². The van der Waals surface area contributed by atoms with E-state index in [1.165, 1.54) is 6.42 Å². The van der Waals surface area contributed by atoms with Crippen LogP contribution in [0.4, 0.5) is 0 Å². The van der Waals surface area contributed by atoms with Crippen LogP contribution in [-0.4, -0.2) is 28.6 Å². The van der Waals surface area contributed by atoms with Gasteiger partial charge >= 0.3 is 0 Å². The number of aromatic nitrogens is 2. The number of nitrogens with two attached hydrogens (primary N) is 1. The highest BCUT2D eigenvalue weighted by molar-refractivity contribution is 5.99. The first kappa shape index (κ1) is 13.9. The summed E-state index contributed by atoms with van der Waals surface area (Å²) in [5.74, 6) is 1.92. The summed E-state index contributed by atoms with van der Waals surface area (Å²) in [4.78, 5) is 4.79. The number of aryl methyl sites for hydroxylation is 1. The molecule has 1 saturated heterocycles. The number of allylic oxidation sites excluding steroid dienone is 2. The molecule has 0 bridgehead atoms. The smallest absolute Gasteiger partial charge is 0.135 e. The van der Waals surface area contributed by atoms with Crippen molar-refractivity contribution in [1.82, 2.24) is 20.4 Å². The Balaban J connectivity index is 1.92. The van der Waals surface area contributed by atoms with E-state index in [4.69, 9.17) is 10.7 Å². The van der Waals surface area contributed by atoms with Crippen molar-refractivity contribution in [3.05, 3.63) is 35.7 Å². The third-order valence-electron chi connectivity index (χ3n) is 4.02. The van der Waals surface area contributed by atoms with Crippen LogP contribution in [0.15, 0.2) is 35.1 Å². The zero-order valence-electron chi connectivity index (χ0n) is 12.6. The molecule has 0 aromatic carbocycles. The molecule has 2 aliphatic rings. The molecule has 6 nitrogen and oxygen atoms in total. The van der Waals surface area contributed by atoms with Crippen molar-refractivity contribution >= 4 is 11.3 Å².